The summed E-state index contributed by atoms with van der Waals surface area (Å²) >= 11 is 1.21. The van der Waals surface area contributed by atoms with Crippen LogP contribution in [0.3, 0.4) is 0 Å². The molecule has 1 aliphatic heterocycles. The van der Waals surface area contributed by atoms with Gasteiger partial charge in [-0.25, -0.2) is 4.98 Å². The van der Waals surface area contributed by atoms with Crippen LogP contribution in [0.25, 0.3) is 0 Å². The van der Waals surface area contributed by atoms with Crippen LogP contribution in [0.1, 0.15) is 38.0 Å². The van der Waals surface area contributed by atoms with Crippen LogP contribution in [0.15, 0.2) is 42.3 Å². The fourth-order valence-electron chi connectivity index (χ4n) is 4.03. The minimum atomic E-state index is -0.856. The number of rotatable bonds is 16. The Hall–Kier alpha value is -3.75. The molecule has 0 spiro atoms. The van der Waals surface area contributed by atoms with Crippen LogP contribution in [0.4, 0.5) is 5.13 Å². The van der Waals surface area contributed by atoms with Gasteiger partial charge in [-0.15, -0.1) is 0 Å². The van der Waals surface area contributed by atoms with Gasteiger partial charge in [-0.05, 0) is 32.3 Å². The lowest BCUT2D eigenvalue weighted by Crippen LogP contribution is -2.50. The van der Waals surface area contributed by atoms with E-state index in [-0.39, 0.29) is 32.1 Å². The molecular weight excluding hydrogens is 552 g/mol. The van der Waals surface area contributed by atoms with Crippen LogP contribution >= 0.6 is 11.3 Å². The van der Waals surface area contributed by atoms with Gasteiger partial charge in [0.25, 0.3) is 0 Å². The molecule has 1 fully saturated rings. The normalized spacial score (nSPS) is 17.7. The molecule has 6 N–H and O–H groups in total. The lowest BCUT2D eigenvalue weighted by Gasteiger charge is -2.27. The molecule has 2 rings (SSSR count). The molecule has 1 aromatic rings. The van der Waals surface area contributed by atoms with Crippen molar-refractivity contribution in [2.75, 3.05) is 38.6 Å². The molecule has 2 heterocycles. The molecule has 3 unspecified atom stereocenters. The quantitative estimate of drug-likeness (QED) is 0.115. The van der Waals surface area contributed by atoms with Gasteiger partial charge >= 0.3 is 0 Å². The topological polar surface area (TPSA) is 182 Å². The fourth-order valence-corrected chi connectivity index (χ4v) is 4.70. The Kier molecular flexibility index (Phi) is 14.0. The van der Waals surface area contributed by atoms with Crippen molar-refractivity contribution in [3.05, 3.63) is 47.2 Å². The van der Waals surface area contributed by atoms with E-state index in [1.165, 1.54) is 24.6 Å². The number of aliphatic hydroxyl groups excluding tert-OH is 2. The van der Waals surface area contributed by atoms with E-state index in [2.05, 4.69) is 32.8 Å². The number of carbonyl (C=O) groups is 4. The lowest BCUT2D eigenvalue weighted by atomic mass is 10.0. The van der Waals surface area contributed by atoms with E-state index in [4.69, 9.17) is 9.84 Å². The maximum absolute atomic E-state index is 12.9. The third-order valence-corrected chi connectivity index (χ3v) is 7.36. The Morgan fingerprint density at radius 1 is 1.22 bits per heavy atom. The summed E-state index contributed by atoms with van der Waals surface area (Å²) in [5.74, 6) is -1.40. The van der Waals surface area contributed by atoms with Gasteiger partial charge in [-0.1, -0.05) is 42.6 Å². The van der Waals surface area contributed by atoms with Gasteiger partial charge in [0.2, 0.25) is 23.6 Å². The van der Waals surface area contributed by atoms with Crippen molar-refractivity contribution in [2.45, 2.75) is 57.9 Å². The number of amides is 4. The second kappa shape index (κ2) is 17.1. The molecular formula is C27H40N6O7S. The van der Waals surface area contributed by atoms with Crippen molar-refractivity contribution in [3.8, 4) is 0 Å². The first-order chi connectivity index (χ1) is 19.6. The first kappa shape index (κ1) is 33.5. The second-order valence-electron chi connectivity index (χ2n) is 9.25. The number of anilines is 1. The number of aliphatic hydroxyl groups is 2. The number of carbonyl (C=O) groups excluding carboxylic acids is 4. The predicted molar refractivity (Wildman–Crippen MR) is 155 cm³/mol. The summed E-state index contributed by atoms with van der Waals surface area (Å²) in [6.07, 6.45) is 7.37. The molecule has 0 aromatic carbocycles. The highest BCUT2D eigenvalue weighted by atomic mass is 32.1. The van der Waals surface area contributed by atoms with Crippen LogP contribution < -0.4 is 21.3 Å². The molecule has 3 atom stereocenters. The van der Waals surface area contributed by atoms with E-state index in [1.807, 2.05) is 19.1 Å². The second-order valence-corrected chi connectivity index (χ2v) is 10.4. The molecule has 1 aromatic heterocycles. The lowest BCUT2D eigenvalue weighted by molar-refractivity contribution is -0.134. The number of hydrogen-bond acceptors (Lipinski definition) is 10. The summed E-state index contributed by atoms with van der Waals surface area (Å²) in [5, 5.41) is 30.4. The third kappa shape index (κ3) is 11.0. The zero-order valence-corrected chi connectivity index (χ0v) is 24.5. The van der Waals surface area contributed by atoms with Crippen molar-refractivity contribution in [1.82, 2.24) is 25.8 Å². The van der Waals surface area contributed by atoms with Gasteiger partial charge in [-0.2, -0.15) is 0 Å². The van der Waals surface area contributed by atoms with Crippen molar-refractivity contribution in [2.24, 2.45) is 0 Å². The molecule has 13 nitrogen and oxygen atoms in total. The van der Waals surface area contributed by atoms with Crippen LogP contribution in [0.2, 0.25) is 0 Å². The number of nitrogens with one attached hydrogen (secondary N) is 4. The van der Waals surface area contributed by atoms with Crippen molar-refractivity contribution >= 4 is 40.1 Å². The zero-order chi connectivity index (χ0) is 30.4. The van der Waals surface area contributed by atoms with Gasteiger partial charge < -0.3 is 41.1 Å². The molecule has 14 heteroatoms. The smallest absolute Gasteiger partial charge is 0.243 e. The van der Waals surface area contributed by atoms with E-state index >= 15 is 0 Å². The van der Waals surface area contributed by atoms with E-state index in [0.717, 1.165) is 5.57 Å². The highest BCUT2D eigenvalue weighted by molar-refractivity contribution is 7.15. The number of likely N-dealkylation sites (tertiary alicyclic amines) is 1. The molecule has 4 amide bonds. The molecule has 226 valence electrons. The number of thiazole rings is 1. The van der Waals surface area contributed by atoms with E-state index in [1.54, 1.807) is 17.9 Å². The number of hydrogen-bond donors (Lipinski definition) is 6. The summed E-state index contributed by atoms with van der Waals surface area (Å²) in [4.78, 5) is 56.2. The van der Waals surface area contributed by atoms with Crippen LogP contribution in [-0.4, -0.2) is 95.2 Å². The van der Waals surface area contributed by atoms with Gasteiger partial charge in [0, 0.05) is 12.7 Å². The van der Waals surface area contributed by atoms with Crippen LogP contribution in [0, 0.1) is 0 Å². The van der Waals surface area contributed by atoms with Gasteiger partial charge in [-0.3, -0.25) is 19.2 Å². The van der Waals surface area contributed by atoms with E-state index in [9.17, 15) is 24.3 Å². The summed E-state index contributed by atoms with van der Waals surface area (Å²) in [7, 11) is 1.52. The summed E-state index contributed by atoms with van der Waals surface area (Å²) < 4.78 is 5.03. The number of nitrogens with zero attached hydrogens (tertiary/aromatic N) is 2. The average molecular weight is 593 g/mol. The fraction of sp³-hybridized carbons (Fsp3) is 0.519. The Bertz CT molecular complexity index is 1140. The van der Waals surface area contributed by atoms with E-state index in [0.29, 0.717) is 41.6 Å². The molecule has 0 aliphatic carbocycles. The first-order valence-corrected chi connectivity index (χ1v) is 14.1. The minimum absolute atomic E-state index is 0.120. The third-order valence-electron chi connectivity index (χ3n) is 6.42. The maximum Gasteiger partial charge on any atom is 0.243 e. The monoisotopic (exact) mass is 592 g/mol. The van der Waals surface area contributed by atoms with Crippen LogP contribution in [-0.2, 0) is 30.5 Å². The maximum atomic E-state index is 12.9. The molecule has 41 heavy (non-hydrogen) atoms. The SMILES string of the molecule is C=C(C=CC(=CC)CC1C(O)CCN1C(=O)CNC(=O)CNC(=O)C(CC)NC(=O)CNc1ncc(CO)s1)OC. The average Bonchev–Trinajstić information content (AvgIpc) is 3.60. The first-order valence-electron chi connectivity index (χ1n) is 13.3. The number of methoxy groups -OCH3 is 1. The molecule has 1 saturated heterocycles. The molecule has 0 saturated carbocycles. The van der Waals surface area contributed by atoms with Crippen molar-refractivity contribution in [1.29, 1.82) is 0 Å². The summed E-state index contributed by atoms with van der Waals surface area (Å²) in [6, 6.07) is -1.30. The Balaban J connectivity index is 1.78. The number of ether oxygens (including phenoxy) is 1. The zero-order valence-electron chi connectivity index (χ0n) is 23.6. The van der Waals surface area contributed by atoms with Gasteiger partial charge in [0.1, 0.15) is 11.8 Å². The summed E-state index contributed by atoms with van der Waals surface area (Å²) in [6.45, 7) is 6.76. The van der Waals surface area contributed by atoms with E-state index < -0.39 is 35.9 Å². The Morgan fingerprint density at radius 3 is 2.61 bits per heavy atom. The highest BCUT2D eigenvalue weighted by Crippen LogP contribution is 2.25. The highest BCUT2D eigenvalue weighted by Gasteiger charge is 2.36. The standard InChI is InChI=1S/C27H40N6O7S/c1-5-18(8-7-17(3)40-4)11-21-22(35)9-10-33(21)25(38)15-28-23(36)13-29-26(39)20(6-2)32-24(37)14-31-27-30-12-19(16-34)41-27/h5,7-8,12,20-22,34-35H,3,6,9-11,13-16H2,1-2,4H3,(H,28,36)(H,29,39)(H,30,31)(H,32,37). The van der Waals surface area contributed by atoms with Gasteiger partial charge in [0.05, 0.1) is 50.4 Å². The Morgan fingerprint density at radius 2 is 1.98 bits per heavy atom. The molecule has 0 bridgehead atoms. The largest absolute Gasteiger partial charge is 0.497 e. The van der Waals surface area contributed by atoms with Crippen LogP contribution in [0.5, 0.6) is 0 Å². The van der Waals surface area contributed by atoms with Crippen molar-refractivity contribution < 1.29 is 34.1 Å². The molecule has 0 radical (unpaired) electrons. The Labute approximate surface area is 243 Å². The number of allylic oxidation sites excluding steroid dienone is 3. The van der Waals surface area contributed by atoms with Gasteiger partial charge in [0.15, 0.2) is 5.13 Å². The van der Waals surface area contributed by atoms with Crippen molar-refractivity contribution in [3.63, 3.8) is 0 Å². The molecule has 1 aliphatic rings. The predicted octanol–water partition coefficient (Wildman–Crippen LogP) is 0.189. The number of aromatic nitrogens is 1. The minimum Gasteiger partial charge on any atom is -0.497 e. The summed E-state index contributed by atoms with van der Waals surface area (Å²) in [5.41, 5.74) is 0.895.